The fourth-order valence-corrected chi connectivity index (χ4v) is 6.77. The highest BCUT2D eigenvalue weighted by molar-refractivity contribution is 6.36. The lowest BCUT2D eigenvalue weighted by atomic mass is 9.96. The van der Waals surface area contributed by atoms with Crippen molar-refractivity contribution < 1.29 is 57.4 Å². The van der Waals surface area contributed by atoms with Gasteiger partial charge in [-0.25, -0.2) is 29.0 Å². The highest BCUT2D eigenvalue weighted by atomic mass is 16.6. The van der Waals surface area contributed by atoms with Crippen LogP contribution in [0.3, 0.4) is 0 Å². The Balaban J connectivity index is 0.943. The minimum Gasteiger partial charge on any atom is -0.386 e. The molecule has 0 aromatic heterocycles. The zero-order chi connectivity index (χ0) is 37.7. The zero-order valence-corrected chi connectivity index (χ0v) is 27.0. The zero-order valence-electron chi connectivity index (χ0n) is 27.0. The smallest absolute Gasteiger partial charge is 0.346 e. The van der Waals surface area contributed by atoms with Crippen LogP contribution in [0.15, 0.2) is 97.1 Å². The van der Waals surface area contributed by atoms with Crippen molar-refractivity contribution in [3.8, 4) is 0 Å². The second kappa shape index (κ2) is 11.2. The van der Waals surface area contributed by atoms with E-state index in [9.17, 15) is 47.9 Å². The number of hydrogen-bond acceptors (Lipinski definition) is 12. The van der Waals surface area contributed by atoms with Crippen molar-refractivity contribution in [3.63, 3.8) is 0 Å². The van der Waals surface area contributed by atoms with Gasteiger partial charge in [-0.15, -0.1) is 0 Å². The van der Waals surface area contributed by atoms with Gasteiger partial charge in [0.05, 0.1) is 55.9 Å². The maximum Gasteiger partial charge on any atom is 0.346 e. The molecule has 4 heterocycles. The first-order chi connectivity index (χ1) is 25.9. The van der Waals surface area contributed by atoms with Gasteiger partial charge in [-0.05, 0) is 72.8 Å². The summed E-state index contributed by atoms with van der Waals surface area (Å²) in [7, 11) is 0. The monoisotopic (exact) mass is 716 g/mol. The molecule has 0 unspecified atom stereocenters. The number of amides is 4. The normalized spacial score (nSPS) is 15.3. The molecule has 0 radical (unpaired) electrons. The van der Waals surface area contributed by atoms with Gasteiger partial charge in [0.15, 0.2) is 11.6 Å². The lowest BCUT2D eigenvalue weighted by molar-refractivity contribution is 0.0425. The number of anilines is 2. The van der Waals surface area contributed by atoms with E-state index in [0.717, 1.165) is 9.80 Å². The van der Waals surface area contributed by atoms with Crippen LogP contribution in [0.5, 0.6) is 0 Å². The van der Waals surface area contributed by atoms with Gasteiger partial charge < -0.3 is 9.47 Å². The van der Waals surface area contributed by atoms with Gasteiger partial charge in [0.2, 0.25) is 0 Å². The van der Waals surface area contributed by atoms with Crippen LogP contribution in [0.2, 0.25) is 0 Å². The van der Waals surface area contributed by atoms with Crippen molar-refractivity contribution in [1.29, 1.82) is 0 Å². The number of hydrogen-bond donors (Lipinski definition) is 0. The standard InChI is InChI=1S/C40H16N2O12/c43-31(19-3-11-25-29(15-19)39(51)53-37(25)49)17-1-9-23-27(13-17)35(47)41(33(23)45)21-5-7-22(8-6-21)42-34(46)24-10-2-18(14-28(24)36(42)48)32(44)20-4-12-26-30(16-20)40(52)54-38(26)50/h1-16H. The van der Waals surface area contributed by atoms with Crippen molar-refractivity contribution >= 4 is 70.4 Å². The van der Waals surface area contributed by atoms with E-state index >= 15 is 0 Å². The molecule has 0 spiro atoms. The summed E-state index contributed by atoms with van der Waals surface area (Å²) >= 11 is 0. The summed E-state index contributed by atoms with van der Waals surface area (Å²) < 4.78 is 9.15. The maximum absolute atomic E-state index is 13.5. The van der Waals surface area contributed by atoms with Crippen molar-refractivity contribution in [3.05, 3.63) is 164 Å². The molecule has 0 aliphatic carbocycles. The van der Waals surface area contributed by atoms with Crippen molar-refractivity contribution in [2.75, 3.05) is 9.80 Å². The molecule has 4 amide bonds. The molecule has 258 valence electrons. The number of esters is 4. The number of ether oxygens (including phenoxy) is 2. The Labute approximate surface area is 301 Å². The number of cyclic esters (lactones) is 4. The van der Waals surface area contributed by atoms with E-state index in [-0.39, 0.29) is 78.1 Å². The molecule has 14 nitrogen and oxygen atoms in total. The van der Waals surface area contributed by atoms with E-state index in [2.05, 4.69) is 9.47 Å². The number of fused-ring (bicyclic) bond motifs is 4. The molecular formula is C40H16N2O12. The van der Waals surface area contributed by atoms with E-state index in [1.807, 2.05) is 0 Å². The average Bonchev–Trinajstić information content (AvgIpc) is 3.82. The van der Waals surface area contributed by atoms with Crippen molar-refractivity contribution in [2.24, 2.45) is 0 Å². The van der Waals surface area contributed by atoms with Gasteiger partial charge in [0, 0.05) is 22.3 Å². The number of benzene rings is 5. The molecule has 4 aliphatic heterocycles. The summed E-state index contributed by atoms with van der Waals surface area (Å²) in [6.07, 6.45) is 0. The molecule has 0 N–H and O–H groups in total. The van der Waals surface area contributed by atoms with Crippen LogP contribution in [0, 0.1) is 0 Å². The number of carbonyl (C=O) groups is 10. The summed E-state index contributed by atoms with van der Waals surface area (Å²) in [6.45, 7) is 0. The number of ketones is 2. The Morgan fingerprint density at radius 3 is 0.963 bits per heavy atom. The highest BCUT2D eigenvalue weighted by Gasteiger charge is 2.40. The fraction of sp³-hybridized carbons (Fsp3) is 0. The Morgan fingerprint density at radius 2 is 0.611 bits per heavy atom. The predicted molar refractivity (Wildman–Crippen MR) is 181 cm³/mol. The third kappa shape index (κ3) is 4.53. The molecule has 0 saturated carbocycles. The molecule has 5 aromatic carbocycles. The topological polar surface area (TPSA) is 196 Å². The lowest BCUT2D eigenvalue weighted by Gasteiger charge is -2.17. The minimum atomic E-state index is -0.881. The summed E-state index contributed by atoms with van der Waals surface area (Å²) in [5, 5.41) is 0. The van der Waals surface area contributed by atoms with E-state index < -0.39 is 59.1 Å². The summed E-state index contributed by atoms with van der Waals surface area (Å²) in [6, 6.07) is 21.2. The fourth-order valence-electron chi connectivity index (χ4n) is 6.77. The molecule has 4 aliphatic rings. The Bertz CT molecular complexity index is 2570. The van der Waals surface area contributed by atoms with E-state index in [0.29, 0.717) is 0 Å². The van der Waals surface area contributed by atoms with Crippen LogP contribution >= 0.6 is 0 Å². The SMILES string of the molecule is O=C(c1ccc2c(c1)C(=O)OC2=O)c1ccc2c(c1)C(=O)N(c1ccc(N3C(=O)c4ccc(C(=O)c5ccc6c(c5)C(=O)OC6=O)cc4C3=O)cc1)C2=O. The molecule has 54 heavy (non-hydrogen) atoms. The van der Waals surface area contributed by atoms with Gasteiger partial charge in [-0.1, -0.05) is 24.3 Å². The molecule has 0 bridgehead atoms. The summed E-state index contributed by atoms with van der Waals surface area (Å²) in [5.41, 5.74) is 0.349. The molecule has 0 saturated heterocycles. The van der Waals surface area contributed by atoms with Gasteiger partial charge in [0.1, 0.15) is 0 Å². The highest BCUT2D eigenvalue weighted by Crippen LogP contribution is 2.34. The van der Waals surface area contributed by atoms with Gasteiger partial charge in [0.25, 0.3) is 23.6 Å². The molecular weight excluding hydrogens is 700 g/mol. The molecule has 14 heteroatoms. The van der Waals surface area contributed by atoms with E-state index in [1.54, 1.807) is 0 Å². The van der Waals surface area contributed by atoms with Crippen LogP contribution in [-0.2, 0) is 9.47 Å². The van der Waals surface area contributed by atoms with E-state index in [4.69, 9.17) is 0 Å². The third-order valence-corrected chi connectivity index (χ3v) is 9.48. The van der Waals surface area contributed by atoms with Crippen LogP contribution in [-0.4, -0.2) is 59.1 Å². The molecule has 0 fully saturated rings. The van der Waals surface area contributed by atoms with Crippen LogP contribution in [0.4, 0.5) is 11.4 Å². The first kappa shape index (κ1) is 31.9. The molecule has 5 aromatic rings. The van der Waals surface area contributed by atoms with Crippen LogP contribution in [0.1, 0.15) is 115 Å². The summed E-state index contributed by atoms with van der Waals surface area (Å²) in [5.74, 6) is -7.35. The second-order valence-corrected chi connectivity index (χ2v) is 12.5. The van der Waals surface area contributed by atoms with Crippen LogP contribution in [0.25, 0.3) is 0 Å². The Kier molecular flexibility index (Phi) is 6.66. The first-order valence-electron chi connectivity index (χ1n) is 16.0. The number of carbonyl (C=O) groups excluding carboxylic acids is 10. The van der Waals surface area contributed by atoms with Crippen molar-refractivity contribution in [1.82, 2.24) is 0 Å². The number of imide groups is 2. The number of nitrogens with zero attached hydrogens (tertiary/aromatic N) is 2. The van der Waals surface area contributed by atoms with Crippen LogP contribution < -0.4 is 9.80 Å². The molecule has 0 atom stereocenters. The quantitative estimate of drug-likeness (QED) is 0.104. The molecule has 9 rings (SSSR count). The first-order valence-corrected chi connectivity index (χ1v) is 16.0. The van der Waals surface area contributed by atoms with Gasteiger partial charge >= 0.3 is 23.9 Å². The van der Waals surface area contributed by atoms with Gasteiger partial charge in [-0.2, -0.15) is 0 Å². The third-order valence-electron chi connectivity index (χ3n) is 9.48. The second-order valence-electron chi connectivity index (χ2n) is 12.5. The maximum atomic E-state index is 13.5. The Morgan fingerprint density at radius 1 is 0.333 bits per heavy atom. The summed E-state index contributed by atoms with van der Waals surface area (Å²) in [4.78, 5) is 130. The lowest BCUT2D eigenvalue weighted by Crippen LogP contribution is -2.30. The van der Waals surface area contributed by atoms with E-state index in [1.165, 1.54) is 97.1 Å². The predicted octanol–water partition coefficient (Wildman–Crippen LogP) is 4.37. The van der Waals surface area contributed by atoms with Crippen molar-refractivity contribution in [2.45, 2.75) is 0 Å². The largest absolute Gasteiger partial charge is 0.386 e. The Hall–Kier alpha value is -8.00. The average molecular weight is 717 g/mol. The minimum absolute atomic E-state index is 0.0285. The van der Waals surface area contributed by atoms with Gasteiger partial charge in [-0.3, -0.25) is 28.8 Å². The number of rotatable bonds is 6.